The molecule has 1 aromatic rings. The molecule has 0 aliphatic rings. The van der Waals surface area contributed by atoms with E-state index in [1.54, 1.807) is 12.1 Å². The number of carbonyl (C=O) groups is 1. The number of ether oxygens (including phenoxy) is 1. The minimum absolute atomic E-state index is 0.369. The van der Waals surface area contributed by atoms with Crippen LogP contribution in [0.1, 0.15) is 36.2 Å². The van der Waals surface area contributed by atoms with Gasteiger partial charge in [-0.3, -0.25) is 4.21 Å². The van der Waals surface area contributed by atoms with Crippen LogP contribution < -0.4 is 0 Å². The van der Waals surface area contributed by atoms with E-state index in [4.69, 9.17) is 4.74 Å². The van der Waals surface area contributed by atoms with Crippen molar-refractivity contribution in [3.8, 4) is 0 Å². The lowest BCUT2D eigenvalue weighted by Crippen LogP contribution is -2.09. The van der Waals surface area contributed by atoms with E-state index in [1.165, 1.54) is 7.11 Å². The first-order chi connectivity index (χ1) is 8.54. The van der Waals surface area contributed by atoms with E-state index in [9.17, 15) is 9.00 Å². The van der Waals surface area contributed by atoms with E-state index in [1.807, 2.05) is 12.1 Å². The van der Waals surface area contributed by atoms with Crippen LogP contribution >= 0.6 is 0 Å². The van der Waals surface area contributed by atoms with Crippen LogP contribution in [0.25, 0.3) is 0 Å². The topological polar surface area (TPSA) is 43.4 Å². The standard InChI is InChI=1S/C14H20O3S/c1-11(2)8-9-18(16)10-12-6-4-5-7-13(12)14(15)17-3/h4-7,11H,8-10H2,1-3H3. The molecule has 0 radical (unpaired) electrons. The van der Waals surface area contributed by atoms with Crippen LogP contribution in [0.15, 0.2) is 24.3 Å². The van der Waals surface area contributed by atoms with Crippen LogP contribution in [0.5, 0.6) is 0 Å². The molecule has 1 aromatic carbocycles. The minimum Gasteiger partial charge on any atom is -0.465 e. The van der Waals surface area contributed by atoms with E-state index in [2.05, 4.69) is 13.8 Å². The lowest BCUT2D eigenvalue weighted by atomic mass is 10.1. The van der Waals surface area contributed by atoms with Crippen molar-refractivity contribution in [2.24, 2.45) is 5.92 Å². The van der Waals surface area contributed by atoms with Crippen molar-refractivity contribution < 1.29 is 13.7 Å². The van der Waals surface area contributed by atoms with Gasteiger partial charge < -0.3 is 4.74 Å². The van der Waals surface area contributed by atoms with Gasteiger partial charge in [0.15, 0.2) is 0 Å². The summed E-state index contributed by atoms with van der Waals surface area (Å²) in [5.41, 5.74) is 1.31. The Morgan fingerprint density at radius 1 is 1.33 bits per heavy atom. The van der Waals surface area contributed by atoms with Crippen molar-refractivity contribution in [2.75, 3.05) is 12.9 Å². The van der Waals surface area contributed by atoms with Gasteiger partial charge in [0, 0.05) is 22.3 Å². The first-order valence-corrected chi connectivity index (χ1v) is 7.54. The summed E-state index contributed by atoms with van der Waals surface area (Å²) in [6, 6.07) is 7.18. The summed E-state index contributed by atoms with van der Waals surface area (Å²) in [6.07, 6.45) is 0.938. The SMILES string of the molecule is COC(=O)c1ccccc1CS(=O)CCC(C)C. The van der Waals surface area contributed by atoms with E-state index >= 15 is 0 Å². The van der Waals surface area contributed by atoms with Crippen molar-refractivity contribution in [3.63, 3.8) is 0 Å². The van der Waals surface area contributed by atoms with Gasteiger partial charge in [0.25, 0.3) is 0 Å². The molecular formula is C14H20O3S. The zero-order chi connectivity index (χ0) is 13.5. The highest BCUT2D eigenvalue weighted by atomic mass is 32.2. The van der Waals surface area contributed by atoms with E-state index < -0.39 is 10.8 Å². The Morgan fingerprint density at radius 2 is 2.00 bits per heavy atom. The minimum atomic E-state index is -0.928. The summed E-state index contributed by atoms with van der Waals surface area (Å²) in [5, 5.41) is 0. The van der Waals surface area contributed by atoms with Crippen LogP contribution in [-0.2, 0) is 21.3 Å². The molecular weight excluding hydrogens is 248 g/mol. The second-order valence-corrected chi connectivity index (χ2v) is 6.20. The van der Waals surface area contributed by atoms with Crippen LogP contribution in [-0.4, -0.2) is 23.0 Å². The molecule has 0 aliphatic carbocycles. The van der Waals surface area contributed by atoms with Crippen molar-refractivity contribution in [1.82, 2.24) is 0 Å². The molecule has 0 aromatic heterocycles. The van der Waals surface area contributed by atoms with Gasteiger partial charge in [0.1, 0.15) is 0 Å². The van der Waals surface area contributed by atoms with Gasteiger partial charge in [-0.15, -0.1) is 0 Å². The Hall–Kier alpha value is -1.16. The van der Waals surface area contributed by atoms with Crippen LogP contribution in [0.2, 0.25) is 0 Å². The fraction of sp³-hybridized carbons (Fsp3) is 0.500. The third-order valence-electron chi connectivity index (χ3n) is 2.66. The first kappa shape index (κ1) is 14.9. The maximum absolute atomic E-state index is 11.9. The molecule has 0 bridgehead atoms. The number of methoxy groups -OCH3 is 1. The highest BCUT2D eigenvalue weighted by Crippen LogP contribution is 2.13. The quantitative estimate of drug-likeness (QED) is 0.745. The maximum atomic E-state index is 11.9. The zero-order valence-electron chi connectivity index (χ0n) is 11.1. The van der Waals surface area contributed by atoms with Crippen LogP contribution in [0, 0.1) is 5.92 Å². The monoisotopic (exact) mass is 268 g/mol. The largest absolute Gasteiger partial charge is 0.465 e. The highest BCUT2D eigenvalue weighted by Gasteiger charge is 2.13. The van der Waals surface area contributed by atoms with Gasteiger partial charge in [0.05, 0.1) is 12.7 Å². The normalized spacial score (nSPS) is 12.4. The molecule has 0 fully saturated rings. The number of esters is 1. The van der Waals surface area contributed by atoms with E-state index in [0.717, 1.165) is 12.0 Å². The van der Waals surface area contributed by atoms with Crippen molar-refractivity contribution in [3.05, 3.63) is 35.4 Å². The molecule has 0 heterocycles. The molecule has 0 spiro atoms. The second-order valence-electron chi connectivity index (χ2n) is 4.62. The Kier molecular flexibility index (Phi) is 6.05. The van der Waals surface area contributed by atoms with E-state index in [0.29, 0.717) is 23.0 Å². The third kappa shape index (κ3) is 4.61. The lowest BCUT2D eigenvalue weighted by Gasteiger charge is -2.08. The number of hydrogen-bond donors (Lipinski definition) is 0. The van der Waals surface area contributed by atoms with Crippen molar-refractivity contribution in [1.29, 1.82) is 0 Å². The Bertz CT molecular complexity index is 427. The highest BCUT2D eigenvalue weighted by molar-refractivity contribution is 7.84. The Balaban J connectivity index is 2.72. The van der Waals surface area contributed by atoms with Gasteiger partial charge >= 0.3 is 5.97 Å². The fourth-order valence-electron chi connectivity index (χ4n) is 1.57. The summed E-state index contributed by atoms with van der Waals surface area (Å²) in [5.74, 6) is 1.27. The molecule has 1 rings (SSSR count). The molecule has 0 saturated heterocycles. The summed E-state index contributed by atoms with van der Waals surface area (Å²) in [6.45, 7) is 4.22. The lowest BCUT2D eigenvalue weighted by molar-refractivity contribution is 0.0600. The fourth-order valence-corrected chi connectivity index (χ4v) is 3.05. The van der Waals surface area contributed by atoms with Gasteiger partial charge in [-0.05, 0) is 24.0 Å². The predicted molar refractivity (Wildman–Crippen MR) is 73.9 cm³/mol. The number of benzene rings is 1. The predicted octanol–water partition coefficient (Wildman–Crippen LogP) is 2.77. The summed E-state index contributed by atoms with van der Waals surface area (Å²) in [4.78, 5) is 11.6. The molecule has 4 heteroatoms. The maximum Gasteiger partial charge on any atom is 0.338 e. The average Bonchev–Trinajstić information content (AvgIpc) is 2.36. The average molecular weight is 268 g/mol. The molecule has 0 N–H and O–H groups in total. The summed E-state index contributed by atoms with van der Waals surface area (Å²) in [7, 11) is 0.428. The van der Waals surface area contributed by atoms with Crippen LogP contribution in [0.4, 0.5) is 0 Å². The smallest absolute Gasteiger partial charge is 0.338 e. The third-order valence-corrected chi connectivity index (χ3v) is 3.99. The first-order valence-electron chi connectivity index (χ1n) is 6.05. The Labute approximate surface area is 111 Å². The number of carbonyl (C=O) groups excluding carboxylic acids is 1. The van der Waals surface area contributed by atoms with Gasteiger partial charge in [-0.1, -0.05) is 32.0 Å². The van der Waals surface area contributed by atoms with Gasteiger partial charge in [-0.2, -0.15) is 0 Å². The number of rotatable bonds is 6. The summed E-state index contributed by atoms with van der Waals surface area (Å²) < 4.78 is 16.7. The Morgan fingerprint density at radius 3 is 2.61 bits per heavy atom. The van der Waals surface area contributed by atoms with Crippen molar-refractivity contribution in [2.45, 2.75) is 26.0 Å². The molecule has 0 aliphatic heterocycles. The molecule has 1 unspecified atom stereocenters. The van der Waals surface area contributed by atoms with Crippen LogP contribution in [0.3, 0.4) is 0 Å². The molecule has 1 atom stereocenters. The van der Waals surface area contributed by atoms with E-state index in [-0.39, 0.29) is 5.97 Å². The molecule has 18 heavy (non-hydrogen) atoms. The molecule has 0 amide bonds. The van der Waals surface area contributed by atoms with Gasteiger partial charge in [0.2, 0.25) is 0 Å². The summed E-state index contributed by atoms with van der Waals surface area (Å²) >= 11 is 0. The molecule has 0 saturated carbocycles. The van der Waals surface area contributed by atoms with Crippen molar-refractivity contribution >= 4 is 16.8 Å². The second kappa shape index (κ2) is 7.31. The molecule has 3 nitrogen and oxygen atoms in total. The molecule has 100 valence electrons. The van der Waals surface area contributed by atoms with Gasteiger partial charge in [-0.25, -0.2) is 4.79 Å². The number of hydrogen-bond acceptors (Lipinski definition) is 3. The zero-order valence-corrected chi connectivity index (χ0v) is 12.0.